The Morgan fingerprint density at radius 2 is 2.28 bits per heavy atom. The summed E-state index contributed by atoms with van der Waals surface area (Å²) in [7, 11) is 0. The molecule has 5 heteroatoms. The average molecular weight is 248 g/mol. The molecule has 0 fully saturated rings. The summed E-state index contributed by atoms with van der Waals surface area (Å²) in [5.41, 5.74) is 2.45. The predicted octanol–water partition coefficient (Wildman–Crippen LogP) is 2.34. The first kappa shape index (κ1) is 12.7. The van der Waals surface area contributed by atoms with Crippen LogP contribution in [0.4, 0.5) is 4.39 Å². The molecular formula is C13H17FN4. The lowest BCUT2D eigenvalue weighted by molar-refractivity contribution is 0.579. The van der Waals surface area contributed by atoms with Gasteiger partial charge in [0.15, 0.2) is 0 Å². The molecule has 0 saturated heterocycles. The minimum Gasteiger partial charge on any atom is -0.305 e. The third-order valence-electron chi connectivity index (χ3n) is 2.84. The van der Waals surface area contributed by atoms with Gasteiger partial charge in [-0.25, -0.2) is 4.39 Å². The van der Waals surface area contributed by atoms with Crippen molar-refractivity contribution in [2.75, 3.05) is 6.54 Å². The van der Waals surface area contributed by atoms with Crippen LogP contribution in [-0.2, 0) is 0 Å². The summed E-state index contributed by atoms with van der Waals surface area (Å²) in [6, 6.07) is 5.07. The lowest BCUT2D eigenvalue weighted by atomic mass is 10.0. The van der Waals surface area contributed by atoms with Crippen LogP contribution < -0.4 is 5.32 Å². The minimum atomic E-state index is -0.187. The number of nitrogens with one attached hydrogen (secondary N) is 2. The maximum absolute atomic E-state index is 13.3. The molecule has 0 bridgehead atoms. The standard InChI is InChI=1S/C13H17FN4/c1-3-6-15-13(12-8-16-18-17-12)10-4-5-11(14)9(2)7-10/h4-5,7-8,13,15H,3,6H2,1-2H3,(H,16,17,18). The van der Waals surface area contributed by atoms with Gasteiger partial charge in [-0.05, 0) is 37.1 Å². The highest BCUT2D eigenvalue weighted by molar-refractivity contribution is 5.30. The van der Waals surface area contributed by atoms with Crippen molar-refractivity contribution < 1.29 is 4.39 Å². The number of aromatic amines is 1. The molecule has 18 heavy (non-hydrogen) atoms. The van der Waals surface area contributed by atoms with Crippen LogP contribution in [0.25, 0.3) is 0 Å². The Morgan fingerprint density at radius 1 is 1.44 bits per heavy atom. The third kappa shape index (κ3) is 2.73. The predicted molar refractivity (Wildman–Crippen MR) is 67.7 cm³/mol. The SMILES string of the molecule is CCCNC(c1ccc(F)c(C)c1)c1cn[nH]n1. The van der Waals surface area contributed by atoms with Crippen molar-refractivity contribution >= 4 is 0 Å². The van der Waals surface area contributed by atoms with E-state index in [1.807, 2.05) is 6.07 Å². The second-order valence-electron chi connectivity index (χ2n) is 4.29. The molecule has 0 radical (unpaired) electrons. The van der Waals surface area contributed by atoms with Crippen molar-refractivity contribution in [3.8, 4) is 0 Å². The number of hydrogen-bond donors (Lipinski definition) is 2. The second-order valence-corrected chi connectivity index (χ2v) is 4.29. The van der Waals surface area contributed by atoms with E-state index in [9.17, 15) is 4.39 Å². The lowest BCUT2D eigenvalue weighted by Crippen LogP contribution is -2.23. The fourth-order valence-electron chi connectivity index (χ4n) is 1.88. The topological polar surface area (TPSA) is 53.6 Å². The van der Waals surface area contributed by atoms with Crippen LogP contribution >= 0.6 is 0 Å². The minimum absolute atomic E-state index is 0.0528. The Morgan fingerprint density at radius 3 is 2.89 bits per heavy atom. The molecule has 1 unspecified atom stereocenters. The van der Waals surface area contributed by atoms with Gasteiger partial charge in [-0.2, -0.15) is 15.4 Å². The Labute approximate surface area is 106 Å². The van der Waals surface area contributed by atoms with E-state index >= 15 is 0 Å². The van der Waals surface area contributed by atoms with Crippen LogP contribution in [0, 0.1) is 12.7 Å². The largest absolute Gasteiger partial charge is 0.305 e. The normalized spacial score (nSPS) is 12.6. The summed E-state index contributed by atoms with van der Waals surface area (Å²) in [4.78, 5) is 0. The zero-order valence-electron chi connectivity index (χ0n) is 10.6. The maximum Gasteiger partial charge on any atom is 0.126 e. The van der Waals surface area contributed by atoms with Gasteiger partial charge in [-0.1, -0.05) is 19.1 Å². The zero-order valence-corrected chi connectivity index (χ0v) is 10.6. The monoisotopic (exact) mass is 248 g/mol. The molecule has 2 N–H and O–H groups in total. The molecule has 1 aromatic carbocycles. The third-order valence-corrected chi connectivity index (χ3v) is 2.84. The summed E-state index contributed by atoms with van der Waals surface area (Å²) in [6.07, 6.45) is 2.71. The Balaban J connectivity index is 2.30. The summed E-state index contributed by atoms with van der Waals surface area (Å²) >= 11 is 0. The highest BCUT2D eigenvalue weighted by Gasteiger charge is 2.16. The van der Waals surface area contributed by atoms with E-state index in [1.54, 1.807) is 19.2 Å². The molecule has 0 aliphatic heterocycles. The van der Waals surface area contributed by atoms with E-state index < -0.39 is 0 Å². The number of nitrogens with zero attached hydrogens (tertiary/aromatic N) is 2. The lowest BCUT2D eigenvalue weighted by Gasteiger charge is -2.17. The molecule has 4 nitrogen and oxygen atoms in total. The molecule has 0 saturated carbocycles. The first-order valence-corrected chi connectivity index (χ1v) is 6.07. The van der Waals surface area contributed by atoms with Crippen molar-refractivity contribution in [3.63, 3.8) is 0 Å². The number of rotatable bonds is 5. The number of aryl methyl sites for hydroxylation is 1. The van der Waals surface area contributed by atoms with Gasteiger partial charge in [0, 0.05) is 0 Å². The molecule has 1 aromatic heterocycles. The van der Waals surface area contributed by atoms with E-state index in [0.29, 0.717) is 5.56 Å². The fraction of sp³-hybridized carbons (Fsp3) is 0.385. The van der Waals surface area contributed by atoms with Crippen molar-refractivity contribution in [1.82, 2.24) is 20.7 Å². The maximum atomic E-state index is 13.3. The van der Waals surface area contributed by atoms with Crippen molar-refractivity contribution in [3.05, 3.63) is 47.0 Å². The van der Waals surface area contributed by atoms with Crippen molar-refractivity contribution in [2.45, 2.75) is 26.3 Å². The van der Waals surface area contributed by atoms with Gasteiger partial charge in [0.25, 0.3) is 0 Å². The van der Waals surface area contributed by atoms with Gasteiger partial charge in [-0.3, -0.25) is 0 Å². The summed E-state index contributed by atoms with van der Waals surface area (Å²) in [6.45, 7) is 4.73. The molecular weight excluding hydrogens is 231 g/mol. The quantitative estimate of drug-likeness (QED) is 0.854. The second kappa shape index (κ2) is 5.73. The Bertz CT molecular complexity index is 496. The highest BCUT2D eigenvalue weighted by atomic mass is 19.1. The van der Waals surface area contributed by atoms with Crippen LogP contribution in [0.3, 0.4) is 0 Å². The zero-order chi connectivity index (χ0) is 13.0. The Kier molecular flexibility index (Phi) is 4.04. The molecule has 2 rings (SSSR count). The molecule has 0 spiro atoms. The number of halogens is 1. The van der Waals surface area contributed by atoms with E-state index in [4.69, 9.17) is 0 Å². The van der Waals surface area contributed by atoms with Gasteiger partial charge >= 0.3 is 0 Å². The summed E-state index contributed by atoms with van der Waals surface area (Å²) in [5, 5.41) is 13.9. The summed E-state index contributed by atoms with van der Waals surface area (Å²) in [5.74, 6) is -0.187. The number of hydrogen-bond acceptors (Lipinski definition) is 3. The molecule has 2 aromatic rings. The van der Waals surface area contributed by atoms with E-state index in [1.165, 1.54) is 6.07 Å². The van der Waals surface area contributed by atoms with Gasteiger partial charge < -0.3 is 5.32 Å². The average Bonchev–Trinajstić information content (AvgIpc) is 2.88. The van der Waals surface area contributed by atoms with Crippen molar-refractivity contribution in [1.29, 1.82) is 0 Å². The smallest absolute Gasteiger partial charge is 0.126 e. The van der Waals surface area contributed by atoms with Crippen molar-refractivity contribution in [2.24, 2.45) is 0 Å². The molecule has 1 atom stereocenters. The number of aromatic nitrogens is 3. The van der Waals surface area contributed by atoms with Crippen LogP contribution in [0.1, 0.15) is 36.2 Å². The van der Waals surface area contributed by atoms with E-state index in [0.717, 1.165) is 24.2 Å². The number of H-pyrrole nitrogens is 1. The van der Waals surface area contributed by atoms with Gasteiger partial charge in [-0.15, -0.1) is 0 Å². The van der Waals surface area contributed by atoms with Gasteiger partial charge in [0.2, 0.25) is 0 Å². The first-order chi connectivity index (χ1) is 8.72. The molecule has 0 amide bonds. The molecule has 1 heterocycles. The Hall–Kier alpha value is -1.75. The van der Waals surface area contributed by atoms with E-state index in [2.05, 4.69) is 27.7 Å². The fourth-order valence-corrected chi connectivity index (χ4v) is 1.88. The summed E-state index contributed by atoms with van der Waals surface area (Å²) < 4.78 is 13.3. The molecule has 0 aliphatic rings. The van der Waals surface area contributed by atoms with Crippen LogP contribution in [0.2, 0.25) is 0 Å². The van der Waals surface area contributed by atoms with Crippen LogP contribution in [-0.4, -0.2) is 22.0 Å². The molecule has 96 valence electrons. The van der Waals surface area contributed by atoms with Gasteiger partial charge in [0.1, 0.15) is 11.5 Å². The first-order valence-electron chi connectivity index (χ1n) is 6.07. The van der Waals surface area contributed by atoms with Crippen LogP contribution in [0.5, 0.6) is 0 Å². The van der Waals surface area contributed by atoms with Gasteiger partial charge in [0.05, 0.1) is 12.2 Å². The highest BCUT2D eigenvalue weighted by Crippen LogP contribution is 2.21. The molecule has 0 aliphatic carbocycles. The van der Waals surface area contributed by atoms with E-state index in [-0.39, 0.29) is 11.9 Å². The number of benzene rings is 1. The van der Waals surface area contributed by atoms with Crippen LogP contribution in [0.15, 0.2) is 24.4 Å².